The third-order valence-electron chi connectivity index (χ3n) is 1.88. The van der Waals surface area contributed by atoms with Crippen LogP contribution in [0.4, 0.5) is 35.1 Å². The molecule has 0 amide bonds. The standard InChI is InChI=1S/C6Cl2F8/c7-3(10)2(9)1(5(8,13)14)4(11,12)6(3,15)16. The largest absolute Gasteiger partial charge is 0.368 e. The Balaban J connectivity index is 3.55. The van der Waals surface area contributed by atoms with Gasteiger partial charge in [-0.3, -0.25) is 0 Å². The molecule has 0 heterocycles. The second kappa shape index (κ2) is 3.16. The van der Waals surface area contributed by atoms with Crippen molar-refractivity contribution in [3.05, 3.63) is 11.4 Å². The lowest BCUT2D eigenvalue weighted by atomic mass is 10.1. The van der Waals surface area contributed by atoms with Crippen molar-refractivity contribution in [1.29, 1.82) is 0 Å². The predicted molar refractivity (Wildman–Crippen MR) is 38.5 cm³/mol. The van der Waals surface area contributed by atoms with Crippen LogP contribution in [0.2, 0.25) is 0 Å². The SMILES string of the molecule is FC1=C(C(F)(F)Cl)C(F)(F)C(F)(F)C1(F)Cl. The summed E-state index contributed by atoms with van der Waals surface area (Å²) in [5.74, 6) is -14.9. The van der Waals surface area contributed by atoms with E-state index in [2.05, 4.69) is 23.2 Å². The van der Waals surface area contributed by atoms with Crippen LogP contribution in [0.25, 0.3) is 0 Å². The van der Waals surface area contributed by atoms with Gasteiger partial charge in [-0.25, -0.2) is 8.78 Å². The second-order valence-corrected chi connectivity index (χ2v) is 3.91. The van der Waals surface area contributed by atoms with E-state index in [0.29, 0.717) is 0 Å². The molecule has 0 radical (unpaired) electrons. The topological polar surface area (TPSA) is 0 Å². The average Bonchev–Trinajstić information content (AvgIpc) is 2.06. The average molecular weight is 295 g/mol. The Hall–Kier alpha value is -0.240. The summed E-state index contributed by atoms with van der Waals surface area (Å²) in [5, 5.41) is -10.2. The van der Waals surface area contributed by atoms with E-state index in [1.54, 1.807) is 0 Å². The summed E-state index contributed by atoms with van der Waals surface area (Å²) in [6.45, 7) is 0. The fourth-order valence-corrected chi connectivity index (χ4v) is 1.50. The van der Waals surface area contributed by atoms with Crippen LogP contribution in [0.5, 0.6) is 0 Å². The Bertz CT molecular complexity index is 352. The van der Waals surface area contributed by atoms with Crippen LogP contribution in [0, 0.1) is 0 Å². The van der Waals surface area contributed by atoms with Gasteiger partial charge >= 0.3 is 22.4 Å². The first-order valence-electron chi connectivity index (χ1n) is 3.39. The van der Waals surface area contributed by atoms with Gasteiger partial charge < -0.3 is 0 Å². The Kier molecular flexibility index (Phi) is 2.73. The van der Waals surface area contributed by atoms with Crippen LogP contribution < -0.4 is 0 Å². The molecular formula is C6Cl2F8. The monoisotopic (exact) mass is 294 g/mol. The van der Waals surface area contributed by atoms with Gasteiger partial charge in [0.1, 0.15) is 5.57 Å². The summed E-state index contributed by atoms with van der Waals surface area (Å²) in [4.78, 5) is 0. The molecule has 0 spiro atoms. The molecule has 0 saturated heterocycles. The number of hydrogen-bond acceptors (Lipinski definition) is 0. The van der Waals surface area contributed by atoms with Gasteiger partial charge in [0.15, 0.2) is 5.83 Å². The van der Waals surface area contributed by atoms with Crippen LogP contribution in [-0.4, -0.2) is 22.4 Å². The normalized spacial score (nSPS) is 33.4. The molecule has 0 N–H and O–H groups in total. The van der Waals surface area contributed by atoms with Gasteiger partial charge in [-0.1, -0.05) is 11.6 Å². The summed E-state index contributed by atoms with van der Waals surface area (Å²) in [7, 11) is 0. The zero-order valence-corrected chi connectivity index (χ0v) is 8.29. The van der Waals surface area contributed by atoms with Crippen LogP contribution in [0.1, 0.15) is 0 Å². The summed E-state index contributed by atoms with van der Waals surface area (Å²) in [6.07, 6.45) is 0. The Morgan fingerprint density at radius 3 is 1.50 bits per heavy atom. The number of allylic oxidation sites excluding steroid dienone is 2. The highest BCUT2D eigenvalue weighted by atomic mass is 35.5. The number of alkyl halides is 9. The minimum atomic E-state index is -5.86. The molecule has 16 heavy (non-hydrogen) atoms. The van der Waals surface area contributed by atoms with Crippen molar-refractivity contribution in [2.45, 2.75) is 22.4 Å². The first kappa shape index (κ1) is 13.8. The van der Waals surface area contributed by atoms with E-state index in [-0.39, 0.29) is 0 Å². The van der Waals surface area contributed by atoms with Gasteiger partial charge in [0.25, 0.3) is 0 Å². The van der Waals surface area contributed by atoms with Gasteiger partial charge in [0.05, 0.1) is 0 Å². The van der Waals surface area contributed by atoms with Crippen LogP contribution >= 0.6 is 23.2 Å². The van der Waals surface area contributed by atoms with E-state index in [9.17, 15) is 35.1 Å². The zero-order valence-electron chi connectivity index (χ0n) is 6.78. The van der Waals surface area contributed by atoms with E-state index in [4.69, 9.17) is 0 Å². The maximum absolute atomic E-state index is 12.8. The lowest BCUT2D eigenvalue weighted by molar-refractivity contribution is -0.215. The molecule has 94 valence electrons. The highest BCUT2D eigenvalue weighted by molar-refractivity contribution is 6.27. The minimum Gasteiger partial charge on any atom is -0.211 e. The Morgan fingerprint density at radius 2 is 1.38 bits per heavy atom. The summed E-state index contributed by atoms with van der Waals surface area (Å²) in [5.41, 5.74) is -3.16. The van der Waals surface area contributed by atoms with Crippen LogP contribution in [0.15, 0.2) is 11.4 Å². The van der Waals surface area contributed by atoms with Crippen LogP contribution in [0.3, 0.4) is 0 Å². The van der Waals surface area contributed by atoms with Crippen molar-refractivity contribution in [2.24, 2.45) is 0 Å². The highest BCUT2D eigenvalue weighted by Gasteiger charge is 2.82. The van der Waals surface area contributed by atoms with Crippen LogP contribution in [-0.2, 0) is 0 Å². The molecule has 0 aromatic heterocycles. The Morgan fingerprint density at radius 1 is 1.00 bits per heavy atom. The molecule has 1 rings (SSSR count). The van der Waals surface area contributed by atoms with Gasteiger partial charge in [-0.15, -0.1) is 0 Å². The third-order valence-corrected chi connectivity index (χ3v) is 2.47. The fourth-order valence-electron chi connectivity index (χ4n) is 1.09. The second-order valence-electron chi connectivity index (χ2n) is 2.91. The fraction of sp³-hybridized carbons (Fsp3) is 0.667. The Labute approximate surface area is 92.8 Å². The lowest BCUT2D eigenvalue weighted by Crippen LogP contribution is -2.49. The first-order valence-corrected chi connectivity index (χ1v) is 4.15. The minimum absolute atomic E-state index is 3.16. The summed E-state index contributed by atoms with van der Waals surface area (Å²) < 4.78 is 101. The van der Waals surface area contributed by atoms with Gasteiger partial charge in [-0.05, 0) is 11.6 Å². The number of rotatable bonds is 1. The molecule has 0 bridgehead atoms. The van der Waals surface area contributed by atoms with Crippen molar-refractivity contribution >= 4 is 23.2 Å². The van der Waals surface area contributed by atoms with Gasteiger partial charge in [0, 0.05) is 0 Å². The van der Waals surface area contributed by atoms with Crippen molar-refractivity contribution in [3.63, 3.8) is 0 Å². The van der Waals surface area contributed by atoms with Crippen molar-refractivity contribution < 1.29 is 35.1 Å². The van der Waals surface area contributed by atoms with E-state index in [1.807, 2.05) is 0 Å². The van der Waals surface area contributed by atoms with Gasteiger partial charge in [-0.2, -0.15) is 26.3 Å². The maximum Gasteiger partial charge on any atom is 0.368 e. The number of halogens is 10. The molecule has 0 aliphatic heterocycles. The maximum atomic E-state index is 12.8. The molecule has 0 nitrogen and oxygen atoms in total. The van der Waals surface area contributed by atoms with Crippen molar-refractivity contribution in [2.75, 3.05) is 0 Å². The van der Waals surface area contributed by atoms with Crippen molar-refractivity contribution in [1.82, 2.24) is 0 Å². The highest BCUT2D eigenvalue weighted by Crippen LogP contribution is 2.63. The smallest absolute Gasteiger partial charge is 0.211 e. The lowest BCUT2D eigenvalue weighted by Gasteiger charge is -2.26. The van der Waals surface area contributed by atoms with E-state index >= 15 is 0 Å². The summed E-state index contributed by atoms with van der Waals surface area (Å²) >= 11 is 8.18. The molecule has 1 atom stereocenters. The third kappa shape index (κ3) is 1.42. The summed E-state index contributed by atoms with van der Waals surface area (Å²) in [6, 6.07) is 0. The number of hydrogen-bond donors (Lipinski definition) is 0. The first-order chi connectivity index (χ1) is 6.78. The molecular weight excluding hydrogens is 295 g/mol. The molecule has 0 aromatic carbocycles. The van der Waals surface area contributed by atoms with Crippen molar-refractivity contribution in [3.8, 4) is 0 Å². The molecule has 1 unspecified atom stereocenters. The van der Waals surface area contributed by atoms with E-state index in [0.717, 1.165) is 0 Å². The molecule has 1 aliphatic carbocycles. The molecule has 0 fully saturated rings. The molecule has 1 aliphatic rings. The van der Waals surface area contributed by atoms with E-state index < -0.39 is 33.8 Å². The molecule has 0 aromatic rings. The van der Waals surface area contributed by atoms with Gasteiger partial charge in [0.2, 0.25) is 0 Å². The molecule has 0 saturated carbocycles. The molecule has 10 heteroatoms. The predicted octanol–water partition coefficient (Wildman–Crippen LogP) is 4.23. The van der Waals surface area contributed by atoms with E-state index in [1.165, 1.54) is 0 Å². The zero-order chi connectivity index (χ0) is 13.2. The quantitative estimate of drug-likeness (QED) is 0.501.